The van der Waals surface area contributed by atoms with Crippen molar-refractivity contribution in [1.29, 1.82) is 0 Å². The summed E-state index contributed by atoms with van der Waals surface area (Å²) in [5.74, 6) is 0.283. The molecule has 1 saturated heterocycles. The van der Waals surface area contributed by atoms with E-state index in [4.69, 9.17) is 0 Å². The normalized spacial score (nSPS) is 18.3. The maximum absolute atomic E-state index is 12.6. The molecule has 0 spiro atoms. The fourth-order valence-corrected chi connectivity index (χ4v) is 3.85. The zero-order valence-electron chi connectivity index (χ0n) is 14.3. The van der Waals surface area contributed by atoms with Gasteiger partial charge in [-0.2, -0.15) is 0 Å². The highest BCUT2D eigenvalue weighted by Crippen LogP contribution is 2.36. The fourth-order valence-electron chi connectivity index (χ4n) is 3.85. The van der Waals surface area contributed by atoms with Crippen molar-refractivity contribution in [2.45, 2.75) is 60.4 Å². The summed E-state index contributed by atoms with van der Waals surface area (Å²) in [6, 6.07) is 2.06. The maximum atomic E-state index is 12.6. The number of rotatable bonds is 6. The molecule has 0 atom stereocenters. The van der Waals surface area contributed by atoms with Crippen molar-refractivity contribution < 1.29 is 4.79 Å². The number of ketones is 1. The summed E-state index contributed by atoms with van der Waals surface area (Å²) in [5.41, 5.74) is 3.67. The van der Waals surface area contributed by atoms with E-state index in [0.717, 1.165) is 30.9 Å². The molecule has 0 aromatic carbocycles. The predicted molar refractivity (Wildman–Crippen MR) is 88.0 cm³/mol. The molecule has 0 bridgehead atoms. The van der Waals surface area contributed by atoms with Crippen LogP contribution in [-0.2, 0) is 6.54 Å². The monoisotopic (exact) mass is 290 g/mol. The van der Waals surface area contributed by atoms with Gasteiger partial charge < -0.3 is 4.57 Å². The van der Waals surface area contributed by atoms with E-state index in [1.807, 2.05) is 0 Å². The van der Waals surface area contributed by atoms with Crippen molar-refractivity contribution in [3.63, 3.8) is 0 Å². The van der Waals surface area contributed by atoms with E-state index in [1.165, 1.54) is 25.0 Å². The van der Waals surface area contributed by atoms with Crippen molar-refractivity contribution in [1.82, 2.24) is 9.47 Å². The Balaban J connectivity index is 2.06. The summed E-state index contributed by atoms with van der Waals surface area (Å²) in [6.45, 7) is 14.5. The zero-order valence-corrected chi connectivity index (χ0v) is 14.3. The van der Waals surface area contributed by atoms with Gasteiger partial charge >= 0.3 is 0 Å². The van der Waals surface area contributed by atoms with E-state index in [1.54, 1.807) is 0 Å². The Kier molecular flexibility index (Phi) is 4.92. The summed E-state index contributed by atoms with van der Waals surface area (Å²) in [4.78, 5) is 15.0. The Morgan fingerprint density at radius 2 is 1.90 bits per heavy atom. The van der Waals surface area contributed by atoms with Gasteiger partial charge in [-0.25, -0.2) is 0 Å². The number of hydrogen-bond acceptors (Lipinski definition) is 2. The van der Waals surface area contributed by atoms with Crippen LogP contribution >= 0.6 is 0 Å². The molecule has 3 heteroatoms. The zero-order chi connectivity index (χ0) is 15.6. The number of carbonyl (C=O) groups excluding carboxylic acids is 1. The van der Waals surface area contributed by atoms with Gasteiger partial charge in [0.2, 0.25) is 0 Å². The highest BCUT2D eigenvalue weighted by atomic mass is 16.1. The molecule has 3 nitrogen and oxygen atoms in total. The minimum Gasteiger partial charge on any atom is -0.349 e. The van der Waals surface area contributed by atoms with Crippen LogP contribution in [0, 0.1) is 19.3 Å². The smallest absolute Gasteiger partial charge is 0.178 e. The number of aromatic nitrogens is 1. The summed E-state index contributed by atoms with van der Waals surface area (Å²) < 4.78 is 2.22. The molecule has 0 unspecified atom stereocenters. The molecule has 0 N–H and O–H groups in total. The second kappa shape index (κ2) is 6.35. The first-order valence-electron chi connectivity index (χ1n) is 8.38. The second-order valence-electron chi connectivity index (χ2n) is 6.62. The number of nitrogens with zero attached hydrogens (tertiary/aromatic N) is 2. The molecule has 1 fully saturated rings. The Morgan fingerprint density at radius 1 is 1.24 bits per heavy atom. The van der Waals surface area contributed by atoms with Crippen molar-refractivity contribution >= 4 is 5.78 Å². The molecule has 21 heavy (non-hydrogen) atoms. The third-order valence-corrected chi connectivity index (χ3v) is 5.57. The van der Waals surface area contributed by atoms with Crippen LogP contribution in [0.2, 0.25) is 0 Å². The Bertz CT molecular complexity index is 512. The van der Waals surface area contributed by atoms with Crippen LogP contribution < -0.4 is 0 Å². The SMILES string of the molecule is CCn1c(C)cc(C(=O)CN2CCC(CC)(CC)C2)c1C. The molecule has 1 aliphatic rings. The first-order chi connectivity index (χ1) is 9.96. The van der Waals surface area contributed by atoms with Crippen molar-refractivity contribution in [3.05, 3.63) is 23.0 Å². The third-order valence-electron chi connectivity index (χ3n) is 5.57. The number of carbonyl (C=O) groups is 1. The van der Waals surface area contributed by atoms with E-state index in [2.05, 4.69) is 50.2 Å². The quantitative estimate of drug-likeness (QED) is 0.744. The number of likely N-dealkylation sites (tertiary alicyclic amines) is 1. The highest BCUT2D eigenvalue weighted by molar-refractivity contribution is 5.99. The molecule has 2 heterocycles. The van der Waals surface area contributed by atoms with Gasteiger partial charge in [-0.15, -0.1) is 0 Å². The van der Waals surface area contributed by atoms with E-state index < -0.39 is 0 Å². The van der Waals surface area contributed by atoms with Crippen molar-refractivity contribution in [2.75, 3.05) is 19.6 Å². The van der Waals surface area contributed by atoms with Crippen LogP contribution in [-0.4, -0.2) is 34.9 Å². The van der Waals surface area contributed by atoms with Gasteiger partial charge in [0.15, 0.2) is 5.78 Å². The molecular weight excluding hydrogens is 260 g/mol. The van der Waals surface area contributed by atoms with Crippen LogP contribution in [0.5, 0.6) is 0 Å². The van der Waals surface area contributed by atoms with Gasteiger partial charge in [0, 0.05) is 30.0 Å². The lowest BCUT2D eigenvalue weighted by Gasteiger charge is -2.26. The average molecular weight is 290 g/mol. The Morgan fingerprint density at radius 3 is 2.38 bits per heavy atom. The van der Waals surface area contributed by atoms with Gasteiger partial charge in [-0.3, -0.25) is 9.69 Å². The van der Waals surface area contributed by atoms with Crippen LogP contribution in [0.4, 0.5) is 0 Å². The average Bonchev–Trinajstić information content (AvgIpc) is 3.01. The van der Waals surface area contributed by atoms with Crippen LogP contribution in [0.25, 0.3) is 0 Å². The maximum Gasteiger partial charge on any atom is 0.178 e. The van der Waals surface area contributed by atoms with Crippen LogP contribution in [0.3, 0.4) is 0 Å². The van der Waals surface area contributed by atoms with Crippen LogP contribution in [0.15, 0.2) is 6.07 Å². The predicted octanol–water partition coefficient (Wildman–Crippen LogP) is 3.82. The number of hydrogen-bond donors (Lipinski definition) is 0. The largest absolute Gasteiger partial charge is 0.349 e. The van der Waals surface area contributed by atoms with Crippen LogP contribution in [0.1, 0.15) is 61.8 Å². The topological polar surface area (TPSA) is 25.2 Å². The van der Waals surface area contributed by atoms with Crippen molar-refractivity contribution in [3.8, 4) is 0 Å². The molecule has 1 aromatic rings. The standard InChI is InChI=1S/C18H30N2O/c1-6-18(7-2)9-10-19(13-18)12-17(21)16-11-14(4)20(8-3)15(16)5/h11H,6-10,12-13H2,1-5H3. The molecule has 0 aliphatic carbocycles. The van der Waals surface area contributed by atoms with E-state index in [0.29, 0.717) is 12.0 Å². The van der Waals surface area contributed by atoms with Gasteiger partial charge in [0.1, 0.15) is 0 Å². The number of Topliss-reactive ketones (excluding diaryl/α,β-unsaturated/α-hetero) is 1. The van der Waals surface area contributed by atoms with E-state index >= 15 is 0 Å². The molecule has 2 rings (SSSR count). The molecular formula is C18H30N2O. The summed E-state index contributed by atoms with van der Waals surface area (Å²) >= 11 is 0. The minimum atomic E-state index is 0.283. The second-order valence-corrected chi connectivity index (χ2v) is 6.62. The first-order valence-corrected chi connectivity index (χ1v) is 8.38. The molecule has 1 aliphatic heterocycles. The molecule has 0 amide bonds. The lowest BCUT2D eigenvalue weighted by atomic mass is 9.82. The lowest BCUT2D eigenvalue weighted by molar-refractivity contribution is 0.0935. The van der Waals surface area contributed by atoms with Crippen molar-refractivity contribution in [2.24, 2.45) is 5.41 Å². The highest BCUT2D eigenvalue weighted by Gasteiger charge is 2.35. The minimum absolute atomic E-state index is 0.283. The summed E-state index contributed by atoms with van der Waals surface area (Å²) in [7, 11) is 0. The van der Waals surface area contributed by atoms with Gasteiger partial charge in [0.25, 0.3) is 0 Å². The molecule has 0 saturated carbocycles. The molecule has 1 aromatic heterocycles. The Labute approximate surface area is 129 Å². The Hall–Kier alpha value is -1.09. The fraction of sp³-hybridized carbons (Fsp3) is 0.722. The van der Waals surface area contributed by atoms with E-state index in [-0.39, 0.29) is 5.78 Å². The summed E-state index contributed by atoms with van der Waals surface area (Å²) in [6.07, 6.45) is 3.68. The van der Waals surface area contributed by atoms with E-state index in [9.17, 15) is 4.79 Å². The van der Waals surface area contributed by atoms with Gasteiger partial charge in [0.05, 0.1) is 6.54 Å². The van der Waals surface area contributed by atoms with Gasteiger partial charge in [-0.1, -0.05) is 13.8 Å². The summed E-state index contributed by atoms with van der Waals surface area (Å²) in [5, 5.41) is 0. The lowest BCUT2D eigenvalue weighted by Crippen LogP contribution is -2.31. The number of aryl methyl sites for hydroxylation is 1. The molecule has 118 valence electrons. The van der Waals surface area contributed by atoms with Gasteiger partial charge in [-0.05, 0) is 58.1 Å². The first kappa shape index (κ1) is 16.3. The third kappa shape index (κ3) is 3.08. The molecule has 0 radical (unpaired) electrons.